The molecule has 2 aliphatic heterocycles. The highest BCUT2D eigenvalue weighted by molar-refractivity contribution is 5.79. The first kappa shape index (κ1) is 23.6. The number of rotatable bonds is 8. The molecule has 1 aromatic rings. The average molecular weight is 465 g/mol. The molecule has 3 aliphatic rings. The molecule has 4 rings (SSSR count). The van der Waals surface area contributed by atoms with E-state index < -0.39 is 17.6 Å². The number of benzene rings is 1. The fraction of sp³-hybridized carbons (Fsp3) is 0.583. The van der Waals surface area contributed by atoms with E-state index in [2.05, 4.69) is 10.6 Å². The number of aliphatic carboxylic acids is 1. The maximum absolute atomic E-state index is 14.4. The molecule has 1 amide bonds. The SMILES string of the molecule is O=C(O)CCOc1c(F)cc(F)cc1C1=CCC(CCC2NCCC23COCC(=O)N3)CC1. The normalized spacial score (nSPS) is 27.3. The van der Waals surface area contributed by atoms with Gasteiger partial charge in [0.2, 0.25) is 5.91 Å². The van der Waals surface area contributed by atoms with Crippen molar-refractivity contribution in [2.45, 2.75) is 56.5 Å². The number of carboxylic acid groups (broad SMARTS) is 1. The molecule has 1 spiro atoms. The van der Waals surface area contributed by atoms with Gasteiger partial charge in [0.05, 0.1) is 25.2 Å². The van der Waals surface area contributed by atoms with E-state index in [1.807, 2.05) is 6.08 Å². The summed E-state index contributed by atoms with van der Waals surface area (Å²) in [6.07, 6.45) is 6.80. The van der Waals surface area contributed by atoms with Crippen LogP contribution >= 0.6 is 0 Å². The van der Waals surface area contributed by atoms with Crippen molar-refractivity contribution in [3.05, 3.63) is 35.4 Å². The number of carbonyl (C=O) groups is 2. The van der Waals surface area contributed by atoms with E-state index in [0.29, 0.717) is 24.5 Å². The molecule has 33 heavy (non-hydrogen) atoms. The maximum atomic E-state index is 14.4. The third-order valence-electron chi connectivity index (χ3n) is 6.91. The van der Waals surface area contributed by atoms with Gasteiger partial charge in [-0.1, -0.05) is 6.08 Å². The Balaban J connectivity index is 1.38. The van der Waals surface area contributed by atoms with E-state index in [4.69, 9.17) is 14.6 Å². The van der Waals surface area contributed by atoms with Gasteiger partial charge in [0, 0.05) is 17.7 Å². The van der Waals surface area contributed by atoms with Gasteiger partial charge in [-0.2, -0.15) is 0 Å². The first-order valence-electron chi connectivity index (χ1n) is 11.5. The average Bonchev–Trinajstić information content (AvgIpc) is 3.14. The number of morpholine rings is 1. The van der Waals surface area contributed by atoms with Crippen molar-refractivity contribution >= 4 is 17.4 Å². The second kappa shape index (κ2) is 10.2. The van der Waals surface area contributed by atoms with Gasteiger partial charge in [0.25, 0.3) is 0 Å². The highest BCUT2D eigenvalue weighted by Crippen LogP contribution is 2.39. The first-order valence-corrected chi connectivity index (χ1v) is 11.5. The summed E-state index contributed by atoms with van der Waals surface area (Å²) >= 11 is 0. The number of amides is 1. The third-order valence-corrected chi connectivity index (χ3v) is 6.91. The van der Waals surface area contributed by atoms with Crippen LogP contribution in [0.1, 0.15) is 50.5 Å². The van der Waals surface area contributed by atoms with Crippen molar-refractivity contribution in [1.82, 2.24) is 10.6 Å². The van der Waals surface area contributed by atoms with Crippen LogP contribution in [0.2, 0.25) is 0 Å². The molecule has 2 saturated heterocycles. The number of halogens is 2. The molecule has 180 valence electrons. The van der Waals surface area contributed by atoms with Crippen LogP contribution in [0.5, 0.6) is 5.75 Å². The van der Waals surface area contributed by atoms with Crippen LogP contribution in [0, 0.1) is 17.6 Å². The minimum Gasteiger partial charge on any atom is -0.489 e. The maximum Gasteiger partial charge on any atom is 0.306 e. The Bertz CT molecular complexity index is 938. The number of carboxylic acids is 1. The predicted octanol–water partition coefficient (Wildman–Crippen LogP) is 3.03. The summed E-state index contributed by atoms with van der Waals surface area (Å²) < 4.78 is 39.2. The zero-order valence-electron chi connectivity index (χ0n) is 18.5. The molecule has 0 aromatic heterocycles. The van der Waals surface area contributed by atoms with Crippen molar-refractivity contribution in [3.63, 3.8) is 0 Å². The van der Waals surface area contributed by atoms with Gasteiger partial charge in [-0.25, -0.2) is 8.78 Å². The summed E-state index contributed by atoms with van der Waals surface area (Å²) in [4.78, 5) is 22.6. The Labute approximate surface area is 191 Å². The minimum atomic E-state index is -1.04. The van der Waals surface area contributed by atoms with Crippen LogP contribution in [-0.2, 0) is 14.3 Å². The Morgan fingerprint density at radius 1 is 1.30 bits per heavy atom. The predicted molar refractivity (Wildman–Crippen MR) is 117 cm³/mol. The van der Waals surface area contributed by atoms with Crippen LogP contribution in [0.3, 0.4) is 0 Å². The molecule has 7 nitrogen and oxygen atoms in total. The lowest BCUT2D eigenvalue weighted by molar-refractivity contribution is -0.137. The number of hydrogen-bond donors (Lipinski definition) is 3. The smallest absolute Gasteiger partial charge is 0.306 e. The number of carbonyl (C=O) groups excluding carboxylic acids is 1. The molecule has 3 unspecified atom stereocenters. The quantitative estimate of drug-likeness (QED) is 0.547. The second-order valence-corrected chi connectivity index (χ2v) is 9.16. The molecular formula is C24H30F2N2O5. The van der Waals surface area contributed by atoms with E-state index in [0.717, 1.165) is 50.3 Å². The van der Waals surface area contributed by atoms with Crippen molar-refractivity contribution in [1.29, 1.82) is 0 Å². The van der Waals surface area contributed by atoms with Crippen molar-refractivity contribution < 1.29 is 33.0 Å². The third kappa shape index (κ3) is 5.52. The molecule has 1 aliphatic carbocycles. The fourth-order valence-corrected chi connectivity index (χ4v) is 5.20. The Morgan fingerprint density at radius 3 is 2.88 bits per heavy atom. The highest BCUT2D eigenvalue weighted by atomic mass is 19.1. The molecular weight excluding hydrogens is 434 g/mol. The van der Waals surface area contributed by atoms with Crippen molar-refractivity contribution in [2.75, 3.05) is 26.4 Å². The molecule has 3 atom stereocenters. The Kier molecular flexibility index (Phi) is 7.29. The lowest BCUT2D eigenvalue weighted by atomic mass is 9.80. The Morgan fingerprint density at radius 2 is 2.15 bits per heavy atom. The number of allylic oxidation sites excluding steroid dienone is 2. The molecule has 0 radical (unpaired) electrons. The Hall–Kier alpha value is -2.52. The molecule has 2 heterocycles. The van der Waals surface area contributed by atoms with Crippen LogP contribution in [0.4, 0.5) is 8.78 Å². The van der Waals surface area contributed by atoms with E-state index in [9.17, 15) is 18.4 Å². The van der Waals surface area contributed by atoms with E-state index in [1.54, 1.807) is 0 Å². The van der Waals surface area contributed by atoms with Crippen molar-refractivity contribution in [3.8, 4) is 5.75 Å². The number of hydrogen-bond acceptors (Lipinski definition) is 5. The van der Waals surface area contributed by atoms with E-state index >= 15 is 0 Å². The monoisotopic (exact) mass is 464 g/mol. The summed E-state index contributed by atoms with van der Waals surface area (Å²) in [7, 11) is 0. The molecule has 0 bridgehead atoms. The van der Waals surface area contributed by atoms with Crippen molar-refractivity contribution in [2.24, 2.45) is 5.92 Å². The van der Waals surface area contributed by atoms with Crippen LogP contribution < -0.4 is 15.4 Å². The molecule has 9 heteroatoms. The lowest BCUT2D eigenvalue weighted by Gasteiger charge is -2.39. The van der Waals surface area contributed by atoms with Crippen LogP contribution in [0.25, 0.3) is 5.57 Å². The number of nitrogens with one attached hydrogen (secondary N) is 2. The first-order chi connectivity index (χ1) is 15.9. The molecule has 2 fully saturated rings. The van der Waals surface area contributed by atoms with E-state index in [-0.39, 0.29) is 42.9 Å². The summed E-state index contributed by atoms with van der Waals surface area (Å²) in [6, 6.07) is 2.17. The zero-order valence-corrected chi connectivity index (χ0v) is 18.5. The van der Waals surface area contributed by atoms with Gasteiger partial charge in [0.15, 0.2) is 11.6 Å². The van der Waals surface area contributed by atoms with Gasteiger partial charge in [-0.3, -0.25) is 9.59 Å². The topological polar surface area (TPSA) is 96.9 Å². The zero-order chi connectivity index (χ0) is 23.4. The standard InChI is InChI=1S/C24H30F2N2O5/c25-17-11-18(23(19(26)12-17)33-10-7-22(30)31)16-4-1-15(2-5-16)3-6-20-24(8-9-27-20)14-32-13-21(29)28-24/h4,11-12,15,20,27H,1-3,5-10,13-14H2,(H,28,29)(H,30,31). The van der Waals surface area contributed by atoms with Gasteiger partial charge in [0.1, 0.15) is 12.4 Å². The second-order valence-electron chi connectivity index (χ2n) is 9.16. The summed E-state index contributed by atoms with van der Waals surface area (Å²) in [6.45, 7) is 1.31. The summed E-state index contributed by atoms with van der Waals surface area (Å²) in [5, 5.41) is 15.4. The molecule has 1 aromatic carbocycles. The molecule has 0 saturated carbocycles. The largest absolute Gasteiger partial charge is 0.489 e. The summed E-state index contributed by atoms with van der Waals surface area (Å²) in [5.41, 5.74) is 0.847. The highest BCUT2D eigenvalue weighted by Gasteiger charge is 2.46. The fourth-order valence-electron chi connectivity index (χ4n) is 5.20. The minimum absolute atomic E-state index is 0.0658. The molecule has 3 N–H and O–H groups in total. The van der Waals surface area contributed by atoms with Gasteiger partial charge in [-0.05, 0) is 62.6 Å². The van der Waals surface area contributed by atoms with Gasteiger partial charge >= 0.3 is 5.97 Å². The van der Waals surface area contributed by atoms with Gasteiger partial charge in [-0.15, -0.1) is 0 Å². The number of ether oxygens (including phenoxy) is 2. The van der Waals surface area contributed by atoms with E-state index in [1.165, 1.54) is 6.07 Å². The van der Waals surface area contributed by atoms with Crippen LogP contribution in [-0.4, -0.2) is 54.9 Å². The van der Waals surface area contributed by atoms with Gasteiger partial charge < -0.3 is 25.2 Å². The van der Waals surface area contributed by atoms with Crippen LogP contribution in [0.15, 0.2) is 18.2 Å². The lowest BCUT2D eigenvalue weighted by Crippen LogP contribution is -2.62. The summed E-state index contributed by atoms with van der Waals surface area (Å²) in [5.74, 6) is -2.28.